The number of ether oxygens (including phenoxy) is 1. The van der Waals surface area contributed by atoms with Crippen molar-refractivity contribution in [3.8, 4) is 11.8 Å². The molecule has 1 rings (SSSR count). The van der Waals surface area contributed by atoms with Gasteiger partial charge in [0.05, 0.1) is 25.3 Å². The van der Waals surface area contributed by atoms with Crippen LogP contribution >= 0.6 is 0 Å². The average molecular weight is 181 g/mol. The predicted molar refractivity (Wildman–Crippen MR) is 43.6 cm³/mol. The summed E-state index contributed by atoms with van der Waals surface area (Å²) < 4.78 is 17.7. The van der Waals surface area contributed by atoms with E-state index in [1.165, 1.54) is 13.2 Å². The molecule has 1 aromatic rings. The maximum Gasteiger partial charge on any atom is 0.166 e. The van der Waals surface area contributed by atoms with Gasteiger partial charge in [0.2, 0.25) is 0 Å². The van der Waals surface area contributed by atoms with Crippen LogP contribution in [0.25, 0.3) is 0 Å². The quantitative estimate of drug-likeness (QED) is 0.745. The zero-order chi connectivity index (χ0) is 9.84. The molecule has 0 fully saturated rings. The molecule has 13 heavy (non-hydrogen) atoms. The summed E-state index contributed by atoms with van der Waals surface area (Å²) in [6, 6.07) is 4.14. The third-order valence-electron chi connectivity index (χ3n) is 1.67. The Morgan fingerprint density at radius 1 is 1.62 bits per heavy atom. The van der Waals surface area contributed by atoms with Crippen molar-refractivity contribution in [2.24, 2.45) is 0 Å². The minimum Gasteiger partial charge on any atom is -0.494 e. The Labute approximate surface area is 75.0 Å². The van der Waals surface area contributed by atoms with E-state index < -0.39 is 5.82 Å². The lowest BCUT2D eigenvalue weighted by molar-refractivity contribution is 0.280. The van der Waals surface area contributed by atoms with E-state index in [-0.39, 0.29) is 17.9 Å². The lowest BCUT2D eigenvalue weighted by atomic mass is 10.1. The van der Waals surface area contributed by atoms with E-state index in [1.54, 1.807) is 6.07 Å². The van der Waals surface area contributed by atoms with Crippen LogP contribution in [0.2, 0.25) is 0 Å². The first-order valence-corrected chi connectivity index (χ1v) is 3.60. The number of nitriles is 1. The molecule has 68 valence electrons. The van der Waals surface area contributed by atoms with E-state index in [9.17, 15) is 4.39 Å². The fourth-order valence-electron chi connectivity index (χ4n) is 0.987. The minimum atomic E-state index is -0.601. The lowest BCUT2D eigenvalue weighted by Crippen LogP contribution is -1.95. The van der Waals surface area contributed by atoms with Crippen LogP contribution in [0.5, 0.6) is 5.75 Å². The Balaban J connectivity index is 3.28. The first-order chi connectivity index (χ1) is 6.22. The molecule has 0 unspecified atom stereocenters. The topological polar surface area (TPSA) is 53.2 Å². The van der Waals surface area contributed by atoms with Crippen LogP contribution < -0.4 is 4.74 Å². The van der Waals surface area contributed by atoms with Crippen molar-refractivity contribution < 1.29 is 14.2 Å². The SMILES string of the molecule is COc1cc(CO)c(C#N)cc1F. The highest BCUT2D eigenvalue weighted by atomic mass is 19.1. The summed E-state index contributed by atoms with van der Waals surface area (Å²) in [4.78, 5) is 0. The van der Waals surface area contributed by atoms with Gasteiger partial charge in [0.25, 0.3) is 0 Å². The fraction of sp³-hybridized carbons (Fsp3) is 0.222. The van der Waals surface area contributed by atoms with Crippen LogP contribution in [0.1, 0.15) is 11.1 Å². The number of methoxy groups -OCH3 is 1. The number of nitrogens with zero attached hydrogens (tertiary/aromatic N) is 1. The fourth-order valence-corrected chi connectivity index (χ4v) is 0.987. The van der Waals surface area contributed by atoms with Gasteiger partial charge >= 0.3 is 0 Å². The number of hydrogen-bond donors (Lipinski definition) is 1. The molecule has 3 nitrogen and oxygen atoms in total. The highest BCUT2D eigenvalue weighted by molar-refractivity contribution is 5.43. The maximum absolute atomic E-state index is 13.0. The summed E-state index contributed by atoms with van der Waals surface area (Å²) in [5, 5.41) is 17.4. The second kappa shape index (κ2) is 3.87. The molecule has 1 N–H and O–H groups in total. The molecule has 0 amide bonds. The van der Waals surface area contributed by atoms with E-state index in [0.717, 1.165) is 6.07 Å². The molecule has 0 saturated heterocycles. The monoisotopic (exact) mass is 181 g/mol. The van der Waals surface area contributed by atoms with E-state index in [1.807, 2.05) is 0 Å². The normalized spacial score (nSPS) is 9.38. The van der Waals surface area contributed by atoms with Crippen molar-refractivity contribution in [2.45, 2.75) is 6.61 Å². The third-order valence-corrected chi connectivity index (χ3v) is 1.67. The van der Waals surface area contributed by atoms with Gasteiger partial charge in [-0.1, -0.05) is 0 Å². The molecule has 0 radical (unpaired) electrons. The Morgan fingerprint density at radius 3 is 2.77 bits per heavy atom. The molecule has 0 aliphatic rings. The molecule has 0 saturated carbocycles. The zero-order valence-corrected chi connectivity index (χ0v) is 7.04. The standard InChI is InChI=1S/C9H8FNO2/c1-13-9-3-7(5-12)6(4-11)2-8(9)10/h2-3,12H,5H2,1H3. The number of rotatable bonds is 2. The molecule has 0 spiro atoms. The van der Waals surface area contributed by atoms with E-state index in [2.05, 4.69) is 0 Å². The van der Waals surface area contributed by atoms with Crippen molar-refractivity contribution >= 4 is 0 Å². The molecule has 0 heterocycles. The zero-order valence-electron chi connectivity index (χ0n) is 7.04. The minimum absolute atomic E-state index is 0.0306. The second-order valence-electron chi connectivity index (χ2n) is 2.41. The third kappa shape index (κ3) is 1.76. The number of aliphatic hydroxyl groups is 1. The van der Waals surface area contributed by atoms with Gasteiger partial charge in [-0.3, -0.25) is 0 Å². The first-order valence-electron chi connectivity index (χ1n) is 3.60. The molecule has 0 aromatic heterocycles. The van der Waals surface area contributed by atoms with Gasteiger partial charge in [0.1, 0.15) is 0 Å². The van der Waals surface area contributed by atoms with Crippen molar-refractivity contribution in [1.29, 1.82) is 5.26 Å². The van der Waals surface area contributed by atoms with Gasteiger partial charge in [0, 0.05) is 0 Å². The van der Waals surface area contributed by atoms with Crippen LogP contribution in [-0.2, 0) is 6.61 Å². The molecule has 1 aromatic carbocycles. The highest BCUT2D eigenvalue weighted by Crippen LogP contribution is 2.21. The highest BCUT2D eigenvalue weighted by Gasteiger charge is 2.08. The Bertz CT molecular complexity index is 357. The van der Waals surface area contributed by atoms with Crippen LogP contribution in [0.15, 0.2) is 12.1 Å². The van der Waals surface area contributed by atoms with E-state index in [0.29, 0.717) is 5.56 Å². The molecular formula is C9H8FNO2. The van der Waals surface area contributed by atoms with Crippen LogP contribution in [-0.4, -0.2) is 12.2 Å². The molecule has 0 aliphatic heterocycles. The van der Waals surface area contributed by atoms with Crippen LogP contribution in [0.3, 0.4) is 0 Å². The van der Waals surface area contributed by atoms with Crippen molar-refractivity contribution in [1.82, 2.24) is 0 Å². The Hall–Kier alpha value is -1.60. The summed E-state index contributed by atoms with van der Waals surface area (Å²) in [5.74, 6) is -0.570. The Morgan fingerprint density at radius 2 is 2.31 bits per heavy atom. The summed E-state index contributed by atoms with van der Waals surface area (Å²) in [6.45, 7) is -0.306. The molecular weight excluding hydrogens is 173 g/mol. The summed E-state index contributed by atoms with van der Waals surface area (Å²) >= 11 is 0. The molecule has 4 heteroatoms. The van der Waals surface area contributed by atoms with E-state index >= 15 is 0 Å². The number of aliphatic hydroxyl groups excluding tert-OH is 1. The summed E-state index contributed by atoms with van der Waals surface area (Å²) in [5.41, 5.74) is 0.488. The predicted octanol–water partition coefficient (Wildman–Crippen LogP) is 1.20. The van der Waals surface area contributed by atoms with Gasteiger partial charge in [-0.05, 0) is 17.7 Å². The Kier molecular flexibility index (Phi) is 2.83. The maximum atomic E-state index is 13.0. The first kappa shape index (κ1) is 9.49. The van der Waals surface area contributed by atoms with Crippen molar-refractivity contribution in [3.63, 3.8) is 0 Å². The van der Waals surface area contributed by atoms with Gasteiger partial charge in [-0.2, -0.15) is 5.26 Å². The number of benzene rings is 1. The molecule has 0 aliphatic carbocycles. The van der Waals surface area contributed by atoms with Gasteiger partial charge in [-0.25, -0.2) is 4.39 Å². The number of hydrogen-bond acceptors (Lipinski definition) is 3. The molecule has 0 atom stereocenters. The average Bonchev–Trinajstić information content (AvgIpc) is 2.17. The van der Waals surface area contributed by atoms with Crippen molar-refractivity contribution in [3.05, 3.63) is 29.1 Å². The van der Waals surface area contributed by atoms with Gasteiger partial charge in [-0.15, -0.1) is 0 Å². The van der Waals surface area contributed by atoms with Crippen molar-refractivity contribution in [2.75, 3.05) is 7.11 Å². The lowest BCUT2D eigenvalue weighted by Gasteiger charge is -2.05. The van der Waals surface area contributed by atoms with Crippen LogP contribution in [0.4, 0.5) is 4.39 Å². The van der Waals surface area contributed by atoms with E-state index in [4.69, 9.17) is 15.1 Å². The van der Waals surface area contributed by atoms with Gasteiger partial charge < -0.3 is 9.84 Å². The smallest absolute Gasteiger partial charge is 0.166 e. The number of halogens is 1. The summed E-state index contributed by atoms with van der Waals surface area (Å²) in [7, 11) is 1.33. The van der Waals surface area contributed by atoms with Gasteiger partial charge in [0.15, 0.2) is 11.6 Å². The second-order valence-corrected chi connectivity index (χ2v) is 2.41. The largest absolute Gasteiger partial charge is 0.494 e. The van der Waals surface area contributed by atoms with Crippen LogP contribution in [0, 0.1) is 17.1 Å². The summed E-state index contributed by atoms with van der Waals surface area (Å²) in [6.07, 6.45) is 0. The molecule has 0 bridgehead atoms.